The average molecular weight is 308 g/mol. The zero-order valence-electron chi connectivity index (χ0n) is 11.6. The SMILES string of the molecule is O=C(CSc1n[nH]c2nc3ccccc3n12)c1ccccc1. The number of Topliss-reactive ketones (excluding diaryl/α,β-unsaturated/α-hetero) is 1. The van der Waals surface area contributed by atoms with Crippen LogP contribution < -0.4 is 0 Å². The number of carbonyl (C=O) groups is 1. The smallest absolute Gasteiger partial charge is 0.231 e. The van der Waals surface area contributed by atoms with Gasteiger partial charge in [0.2, 0.25) is 5.78 Å². The van der Waals surface area contributed by atoms with Crippen molar-refractivity contribution in [2.24, 2.45) is 0 Å². The number of thioether (sulfide) groups is 1. The van der Waals surface area contributed by atoms with Crippen LogP contribution in [0.4, 0.5) is 0 Å². The van der Waals surface area contributed by atoms with E-state index in [1.165, 1.54) is 11.8 Å². The third kappa shape index (κ3) is 2.17. The number of para-hydroxylation sites is 2. The Kier molecular flexibility index (Phi) is 3.16. The lowest BCUT2D eigenvalue weighted by Crippen LogP contribution is -2.02. The summed E-state index contributed by atoms with van der Waals surface area (Å²) in [7, 11) is 0. The Morgan fingerprint density at radius 1 is 1.09 bits per heavy atom. The van der Waals surface area contributed by atoms with Gasteiger partial charge in [-0.25, -0.2) is 10.1 Å². The van der Waals surface area contributed by atoms with E-state index in [4.69, 9.17) is 0 Å². The molecule has 6 heteroatoms. The summed E-state index contributed by atoms with van der Waals surface area (Å²) >= 11 is 1.41. The van der Waals surface area contributed by atoms with Crippen molar-refractivity contribution in [1.29, 1.82) is 0 Å². The predicted octanol–water partition coefficient (Wildman–Crippen LogP) is 3.19. The molecule has 2 heterocycles. The minimum absolute atomic E-state index is 0.0890. The normalized spacial score (nSPS) is 11.3. The Morgan fingerprint density at radius 3 is 2.73 bits per heavy atom. The van der Waals surface area contributed by atoms with E-state index in [-0.39, 0.29) is 5.78 Å². The van der Waals surface area contributed by atoms with Gasteiger partial charge in [-0.1, -0.05) is 54.2 Å². The molecule has 0 saturated heterocycles. The van der Waals surface area contributed by atoms with Crippen LogP contribution in [-0.4, -0.2) is 31.1 Å². The quantitative estimate of drug-likeness (QED) is 0.464. The van der Waals surface area contributed by atoms with Gasteiger partial charge < -0.3 is 0 Å². The zero-order valence-corrected chi connectivity index (χ0v) is 12.4. The standard InChI is InChI=1S/C16H12N4OS/c21-14(11-6-2-1-3-7-11)10-22-16-19-18-15-17-12-8-4-5-9-13(12)20(15)16/h1-9H,10H2,(H,17,18). The zero-order chi connectivity index (χ0) is 14.9. The van der Waals surface area contributed by atoms with Crippen molar-refractivity contribution in [2.45, 2.75) is 5.16 Å². The van der Waals surface area contributed by atoms with Gasteiger partial charge in [0.15, 0.2) is 10.9 Å². The molecular formula is C16H12N4OS. The summed E-state index contributed by atoms with van der Waals surface area (Å²) in [6.45, 7) is 0. The minimum Gasteiger partial charge on any atom is -0.293 e. The van der Waals surface area contributed by atoms with Crippen LogP contribution in [0, 0.1) is 0 Å². The summed E-state index contributed by atoms with van der Waals surface area (Å²) in [6.07, 6.45) is 0. The molecule has 0 aliphatic heterocycles. The Balaban J connectivity index is 1.63. The predicted molar refractivity (Wildman–Crippen MR) is 86.3 cm³/mol. The summed E-state index contributed by atoms with van der Waals surface area (Å²) in [5.41, 5.74) is 2.62. The topological polar surface area (TPSA) is 63.0 Å². The second-order valence-corrected chi connectivity index (χ2v) is 5.79. The second kappa shape index (κ2) is 5.31. The molecule has 0 aliphatic rings. The number of nitrogens with zero attached hydrogens (tertiary/aromatic N) is 3. The Bertz CT molecular complexity index is 958. The third-order valence-electron chi connectivity index (χ3n) is 3.43. The maximum Gasteiger partial charge on any atom is 0.231 e. The number of ketones is 1. The van der Waals surface area contributed by atoms with Crippen LogP contribution in [0.25, 0.3) is 16.8 Å². The highest BCUT2D eigenvalue weighted by atomic mass is 32.2. The highest BCUT2D eigenvalue weighted by molar-refractivity contribution is 7.99. The fourth-order valence-electron chi connectivity index (χ4n) is 2.38. The molecule has 0 radical (unpaired) electrons. The van der Waals surface area contributed by atoms with E-state index >= 15 is 0 Å². The second-order valence-electron chi connectivity index (χ2n) is 4.84. The van der Waals surface area contributed by atoms with Crippen LogP contribution in [0.1, 0.15) is 10.4 Å². The Morgan fingerprint density at radius 2 is 1.86 bits per heavy atom. The van der Waals surface area contributed by atoms with Crippen LogP contribution in [0.3, 0.4) is 0 Å². The van der Waals surface area contributed by atoms with Gasteiger partial charge >= 0.3 is 0 Å². The number of fused-ring (bicyclic) bond motifs is 3. The van der Waals surface area contributed by atoms with E-state index in [1.807, 2.05) is 59.0 Å². The summed E-state index contributed by atoms with van der Waals surface area (Å²) < 4.78 is 1.94. The van der Waals surface area contributed by atoms with Crippen molar-refractivity contribution in [2.75, 3.05) is 5.75 Å². The molecule has 0 saturated carbocycles. The number of hydrogen-bond donors (Lipinski definition) is 1. The van der Waals surface area contributed by atoms with Gasteiger partial charge in [-0.15, -0.1) is 5.10 Å². The molecule has 0 fully saturated rings. The van der Waals surface area contributed by atoms with E-state index in [0.717, 1.165) is 21.8 Å². The van der Waals surface area contributed by atoms with Gasteiger partial charge in [0.05, 0.1) is 16.8 Å². The van der Waals surface area contributed by atoms with Crippen LogP contribution in [0.15, 0.2) is 59.8 Å². The largest absolute Gasteiger partial charge is 0.293 e. The molecule has 0 amide bonds. The lowest BCUT2D eigenvalue weighted by atomic mass is 10.2. The number of nitrogens with one attached hydrogen (secondary N) is 1. The first-order valence-electron chi connectivity index (χ1n) is 6.85. The monoisotopic (exact) mass is 308 g/mol. The number of H-pyrrole nitrogens is 1. The lowest BCUT2D eigenvalue weighted by molar-refractivity contribution is 0.102. The molecule has 4 rings (SSSR count). The Labute approximate surface area is 130 Å². The van der Waals surface area contributed by atoms with Crippen molar-refractivity contribution in [1.82, 2.24) is 19.6 Å². The van der Waals surface area contributed by atoms with E-state index in [0.29, 0.717) is 11.5 Å². The first-order valence-corrected chi connectivity index (χ1v) is 7.84. The molecule has 4 aromatic rings. The molecule has 0 aliphatic carbocycles. The van der Waals surface area contributed by atoms with Crippen LogP contribution in [0.5, 0.6) is 0 Å². The van der Waals surface area contributed by atoms with Gasteiger partial charge in [0.25, 0.3) is 0 Å². The van der Waals surface area contributed by atoms with E-state index < -0.39 is 0 Å². The first-order chi connectivity index (χ1) is 10.8. The van der Waals surface area contributed by atoms with Crippen molar-refractivity contribution in [3.8, 4) is 0 Å². The molecule has 0 atom stereocenters. The molecule has 1 N–H and O–H groups in total. The highest BCUT2D eigenvalue weighted by Crippen LogP contribution is 2.23. The number of benzene rings is 2. The molecule has 0 bridgehead atoms. The number of rotatable bonds is 4. The van der Waals surface area contributed by atoms with Crippen molar-refractivity contribution in [3.05, 3.63) is 60.2 Å². The molecule has 2 aromatic heterocycles. The van der Waals surface area contributed by atoms with Crippen LogP contribution in [0.2, 0.25) is 0 Å². The van der Waals surface area contributed by atoms with E-state index in [1.54, 1.807) is 0 Å². The number of aromatic nitrogens is 4. The molecule has 0 unspecified atom stereocenters. The number of imidazole rings is 1. The van der Waals surface area contributed by atoms with E-state index in [2.05, 4.69) is 15.2 Å². The summed E-state index contributed by atoms with van der Waals surface area (Å²) in [5.74, 6) is 1.12. The summed E-state index contributed by atoms with van der Waals surface area (Å²) in [4.78, 5) is 16.7. The summed E-state index contributed by atoms with van der Waals surface area (Å²) in [5, 5.41) is 7.91. The number of aromatic amines is 1. The van der Waals surface area contributed by atoms with Crippen molar-refractivity contribution >= 4 is 34.4 Å². The van der Waals surface area contributed by atoms with Crippen LogP contribution in [-0.2, 0) is 0 Å². The lowest BCUT2D eigenvalue weighted by Gasteiger charge is -2.00. The van der Waals surface area contributed by atoms with Crippen LogP contribution >= 0.6 is 11.8 Å². The third-order valence-corrected chi connectivity index (χ3v) is 4.37. The van der Waals surface area contributed by atoms with Crippen molar-refractivity contribution in [3.63, 3.8) is 0 Å². The molecular weight excluding hydrogens is 296 g/mol. The van der Waals surface area contributed by atoms with Crippen molar-refractivity contribution < 1.29 is 4.79 Å². The highest BCUT2D eigenvalue weighted by Gasteiger charge is 2.13. The fourth-order valence-corrected chi connectivity index (χ4v) is 3.23. The number of hydrogen-bond acceptors (Lipinski definition) is 4. The van der Waals surface area contributed by atoms with Gasteiger partial charge in [0, 0.05) is 5.56 Å². The van der Waals surface area contributed by atoms with Gasteiger partial charge in [0.1, 0.15) is 0 Å². The van der Waals surface area contributed by atoms with E-state index in [9.17, 15) is 4.79 Å². The maximum atomic E-state index is 12.2. The van der Waals surface area contributed by atoms with Gasteiger partial charge in [-0.3, -0.25) is 9.20 Å². The summed E-state index contributed by atoms with van der Waals surface area (Å²) in [6, 6.07) is 17.2. The molecule has 0 spiro atoms. The molecule has 22 heavy (non-hydrogen) atoms. The van der Waals surface area contributed by atoms with Gasteiger partial charge in [-0.05, 0) is 12.1 Å². The first kappa shape index (κ1) is 13.1. The molecule has 108 valence electrons. The van der Waals surface area contributed by atoms with Gasteiger partial charge in [-0.2, -0.15) is 0 Å². The molecule has 5 nitrogen and oxygen atoms in total. The molecule has 2 aromatic carbocycles. The minimum atomic E-state index is 0.0890. The number of carbonyl (C=O) groups excluding carboxylic acids is 1. The fraction of sp³-hybridized carbons (Fsp3) is 0.0625. The Hall–Kier alpha value is -2.60. The maximum absolute atomic E-state index is 12.2. The average Bonchev–Trinajstić information content (AvgIpc) is 3.12.